The molecule has 98 valence electrons. The van der Waals surface area contributed by atoms with E-state index < -0.39 is 0 Å². The lowest BCUT2D eigenvalue weighted by Gasteiger charge is -2.27. The lowest BCUT2D eigenvalue weighted by atomic mass is 10.2. The minimum Gasteiger partial charge on any atom is -0.488 e. The molecule has 3 rings (SSSR count). The minimum atomic E-state index is 0. The molecule has 1 aliphatic carbocycles. The first-order valence-corrected chi connectivity index (χ1v) is 6.09. The summed E-state index contributed by atoms with van der Waals surface area (Å²) in [5.41, 5.74) is 0.848. The topological polar surface area (TPSA) is 50.4 Å². The van der Waals surface area contributed by atoms with Gasteiger partial charge in [-0.2, -0.15) is 0 Å². The molecule has 0 aromatic heterocycles. The molecule has 1 saturated heterocycles. The van der Waals surface area contributed by atoms with E-state index in [4.69, 9.17) is 4.74 Å². The van der Waals surface area contributed by atoms with Gasteiger partial charge in [0, 0.05) is 24.7 Å². The number of hydrogen-bond acceptors (Lipinski definition) is 3. The second-order valence-electron chi connectivity index (χ2n) is 4.69. The van der Waals surface area contributed by atoms with Crippen LogP contribution in [0.3, 0.4) is 0 Å². The number of nitrogens with one attached hydrogen (secondary N) is 2. The number of halogens is 1. The second-order valence-corrected chi connectivity index (χ2v) is 4.69. The summed E-state index contributed by atoms with van der Waals surface area (Å²) >= 11 is 0. The van der Waals surface area contributed by atoms with E-state index in [2.05, 4.69) is 10.6 Å². The zero-order valence-corrected chi connectivity index (χ0v) is 10.8. The van der Waals surface area contributed by atoms with Crippen LogP contribution in [-0.2, 0) is 4.79 Å². The van der Waals surface area contributed by atoms with Crippen molar-refractivity contribution in [1.29, 1.82) is 0 Å². The van der Waals surface area contributed by atoms with Gasteiger partial charge < -0.3 is 15.4 Å². The van der Waals surface area contributed by atoms with Gasteiger partial charge in [-0.15, -0.1) is 12.4 Å². The molecule has 1 aliphatic heterocycles. The number of anilines is 1. The fraction of sp³-hybridized carbons (Fsp3) is 0.462. The van der Waals surface area contributed by atoms with Gasteiger partial charge in [-0.05, 0) is 37.1 Å². The molecule has 1 aromatic carbocycles. The van der Waals surface area contributed by atoms with Crippen LogP contribution >= 0.6 is 12.4 Å². The number of benzene rings is 1. The van der Waals surface area contributed by atoms with Crippen LogP contribution in [0.5, 0.6) is 5.75 Å². The van der Waals surface area contributed by atoms with Crippen molar-refractivity contribution >= 4 is 24.0 Å². The molecule has 4 nitrogen and oxygen atoms in total. The molecular formula is C13H17ClN2O2. The molecule has 1 saturated carbocycles. The van der Waals surface area contributed by atoms with Gasteiger partial charge in [0.05, 0.1) is 0 Å². The lowest BCUT2D eigenvalue weighted by molar-refractivity contribution is -0.117. The van der Waals surface area contributed by atoms with E-state index in [9.17, 15) is 4.79 Å². The molecule has 5 heteroatoms. The largest absolute Gasteiger partial charge is 0.488 e. The number of amides is 1. The van der Waals surface area contributed by atoms with Gasteiger partial charge in [-0.1, -0.05) is 0 Å². The summed E-state index contributed by atoms with van der Waals surface area (Å²) < 4.78 is 5.69. The van der Waals surface area contributed by atoms with Gasteiger partial charge in [-0.25, -0.2) is 0 Å². The molecule has 18 heavy (non-hydrogen) atoms. The van der Waals surface area contributed by atoms with Crippen molar-refractivity contribution in [1.82, 2.24) is 5.32 Å². The molecule has 0 unspecified atom stereocenters. The molecule has 1 aromatic rings. The highest BCUT2D eigenvalue weighted by molar-refractivity contribution is 5.94. The van der Waals surface area contributed by atoms with E-state index in [1.54, 1.807) is 0 Å². The first-order valence-electron chi connectivity index (χ1n) is 6.09. The smallest absolute Gasteiger partial charge is 0.227 e. The van der Waals surface area contributed by atoms with Crippen molar-refractivity contribution in [3.8, 4) is 5.75 Å². The van der Waals surface area contributed by atoms with Crippen molar-refractivity contribution in [2.45, 2.75) is 18.9 Å². The van der Waals surface area contributed by atoms with Crippen molar-refractivity contribution in [2.75, 3.05) is 18.4 Å². The Kier molecular flexibility index (Phi) is 4.09. The lowest BCUT2D eigenvalue weighted by Crippen LogP contribution is -2.50. The standard InChI is InChI=1S/C13H16N2O2.ClH/c16-13(9-1-2-9)15-10-3-5-11(6-4-10)17-12-7-14-8-12;/h3-6,9,12,14H,1-2,7-8H2,(H,15,16);1H. The average molecular weight is 269 g/mol. The summed E-state index contributed by atoms with van der Waals surface area (Å²) in [6.45, 7) is 1.83. The van der Waals surface area contributed by atoms with Crippen molar-refractivity contribution in [3.05, 3.63) is 24.3 Å². The molecule has 0 atom stereocenters. The van der Waals surface area contributed by atoms with Crippen molar-refractivity contribution in [2.24, 2.45) is 5.92 Å². The molecule has 2 aliphatic rings. The molecule has 1 heterocycles. The van der Waals surface area contributed by atoms with Crippen LogP contribution in [0.25, 0.3) is 0 Å². The van der Waals surface area contributed by atoms with Crippen LogP contribution in [0, 0.1) is 5.92 Å². The van der Waals surface area contributed by atoms with Crippen LogP contribution in [0.15, 0.2) is 24.3 Å². The monoisotopic (exact) mass is 268 g/mol. The zero-order valence-electron chi connectivity index (χ0n) is 10.0. The predicted molar refractivity (Wildman–Crippen MR) is 72.3 cm³/mol. The summed E-state index contributed by atoms with van der Waals surface area (Å²) in [5.74, 6) is 1.25. The maximum absolute atomic E-state index is 11.5. The summed E-state index contributed by atoms with van der Waals surface area (Å²) in [7, 11) is 0. The molecule has 0 spiro atoms. The van der Waals surface area contributed by atoms with E-state index in [0.29, 0.717) is 6.10 Å². The highest BCUT2D eigenvalue weighted by Crippen LogP contribution is 2.30. The van der Waals surface area contributed by atoms with E-state index in [1.807, 2.05) is 24.3 Å². The second kappa shape index (κ2) is 5.59. The zero-order chi connectivity index (χ0) is 11.7. The van der Waals surface area contributed by atoms with E-state index in [-0.39, 0.29) is 24.2 Å². The number of ether oxygens (including phenoxy) is 1. The summed E-state index contributed by atoms with van der Waals surface area (Å²) in [4.78, 5) is 11.5. The molecular weight excluding hydrogens is 252 g/mol. The molecule has 2 N–H and O–H groups in total. The van der Waals surface area contributed by atoms with E-state index in [1.165, 1.54) is 0 Å². The highest BCUT2D eigenvalue weighted by Gasteiger charge is 2.29. The average Bonchev–Trinajstić information content (AvgIpc) is 3.09. The van der Waals surface area contributed by atoms with Crippen LogP contribution in [-0.4, -0.2) is 25.1 Å². The summed E-state index contributed by atoms with van der Waals surface area (Å²) in [6, 6.07) is 7.59. The molecule has 0 radical (unpaired) electrons. The third-order valence-electron chi connectivity index (χ3n) is 3.12. The normalized spacial score (nSPS) is 18.4. The Bertz CT molecular complexity index is 414. The SMILES string of the molecule is Cl.O=C(Nc1ccc(OC2CNC2)cc1)C1CC1. The van der Waals surface area contributed by atoms with Crippen LogP contribution in [0.1, 0.15) is 12.8 Å². The predicted octanol–water partition coefficient (Wildman–Crippen LogP) is 1.81. The van der Waals surface area contributed by atoms with Crippen LogP contribution in [0.4, 0.5) is 5.69 Å². The Morgan fingerprint density at radius 2 is 1.89 bits per heavy atom. The molecule has 0 bridgehead atoms. The van der Waals surface area contributed by atoms with Gasteiger partial charge in [0.2, 0.25) is 5.91 Å². The Morgan fingerprint density at radius 3 is 2.39 bits per heavy atom. The Balaban J connectivity index is 0.00000120. The van der Waals surface area contributed by atoms with Gasteiger partial charge in [0.1, 0.15) is 11.9 Å². The molecule has 2 fully saturated rings. The third-order valence-corrected chi connectivity index (χ3v) is 3.12. The third kappa shape index (κ3) is 3.15. The van der Waals surface area contributed by atoms with E-state index >= 15 is 0 Å². The Morgan fingerprint density at radius 1 is 1.22 bits per heavy atom. The van der Waals surface area contributed by atoms with Crippen molar-refractivity contribution < 1.29 is 9.53 Å². The highest BCUT2D eigenvalue weighted by atomic mass is 35.5. The Hall–Kier alpha value is -1.26. The summed E-state index contributed by atoms with van der Waals surface area (Å²) in [5, 5.41) is 6.06. The van der Waals surface area contributed by atoms with Gasteiger partial charge in [0.15, 0.2) is 0 Å². The maximum Gasteiger partial charge on any atom is 0.227 e. The van der Waals surface area contributed by atoms with Gasteiger partial charge in [0.25, 0.3) is 0 Å². The van der Waals surface area contributed by atoms with Gasteiger partial charge in [-0.3, -0.25) is 4.79 Å². The summed E-state index contributed by atoms with van der Waals surface area (Å²) in [6.07, 6.45) is 2.35. The first-order chi connectivity index (χ1) is 8.31. The Labute approximate surface area is 113 Å². The van der Waals surface area contributed by atoms with E-state index in [0.717, 1.165) is 37.4 Å². The minimum absolute atomic E-state index is 0. The number of carbonyl (C=O) groups excluding carboxylic acids is 1. The fourth-order valence-corrected chi connectivity index (χ4v) is 1.74. The van der Waals surface area contributed by atoms with Crippen LogP contribution < -0.4 is 15.4 Å². The molecule has 1 amide bonds. The fourth-order valence-electron chi connectivity index (χ4n) is 1.74. The first kappa shape index (κ1) is 13.2. The number of carbonyl (C=O) groups is 1. The maximum atomic E-state index is 11.5. The van der Waals surface area contributed by atoms with Crippen molar-refractivity contribution in [3.63, 3.8) is 0 Å². The number of rotatable bonds is 4. The number of hydrogen-bond donors (Lipinski definition) is 2. The quantitative estimate of drug-likeness (QED) is 0.876. The van der Waals surface area contributed by atoms with Gasteiger partial charge >= 0.3 is 0 Å². The van der Waals surface area contributed by atoms with Crippen LogP contribution in [0.2, 0.25) is 0 Å².